The second-order valence-corrected chi connectivity index (χ2v) is 9.80. The summed E-state index contributed by atoms with van der Waals surface area (Å²) in [6.07, 6.45) is 2.66. The maximum atomic E-state index is 12.4. The second-order valence-electron chi connectivity index (χ2n) is 9.80. The van der Waals surface area contributed by atoms with Crippen LogP contribution in [-0.4, -0.2) is 89.3 Å². The normalized spacial score (nSPS) is 20.6. The lowest BCUT2D eigenvalue weighted by molar-refractivity contribution is 0.00942. The number of piperazine rings is 1. The SMILES string of the molecule is CC[C@H]1CN(c2nc(N)c(C(=O)OC)nc2C)CCN1C1CCN(C(=O)OC(C)(C)C)CC1. The Morgan fingerprint density at radius 2 is 1.79 bits per heavy atom. The quantitative estimate of drug-likeness (QED) is 0.674. The summed E-state index contributed by atoms with van der Waals surface area (Å²) in [6, 6.07) is 0.800. The third-order valence-corrected chi connectivity index (χ3v) is 6.34. The van der Waals surface area contributed by atoms with Crippen LogP contribution in [-0.2, 0) is 9.47 Å². The molecule has 0 aromatic carbocycles. The number of ether oxygens (including phenoxy) is 2. The van der Waals surface area contributed by atoms with Crippen molar-refractivity contribution in [2.45, 2.75) is 71.6 Å². The molecular weight excluding hydrogens is 424 g/mol. The third kappa shape index (κ3) is 5.85. The van der Waals surface area contributed by atoms with E-state index in [0.717, 1.165) is 44.7 Å². The molecule has 1 aromatic rings. The minimum absolute atomic E-state index is 0.0566. The molecule has 0 aliphatic carbocycles. The van der Waals surface area contributed by atoms with Crippen molar-refractivity contribution in [3.63, 3.8) is 0 Å². The molecule has 0 spiro atoms. The van der Waals surface area contributed by atoms with Crippen LogP contribution in [0.25, 0.3) is 0 Å². The van der Waals surface area contributed by atoms with Gasteiger partial charge >= 0.3 is 12.1 Å². The highest BCUT2D eigenvalue weighted by atomic mass is 16.6. The number of likely N-dealkylation sites (tertiary alicyclic amines) is 1. The summed E-state index contributed by atoms with van der Waals surface area (Å²) < 4.78 is 10.3. The molecule has 3 rings (SSSR count). The van der Waals surface area contributed by atoms with Gasteiger partial charge in [0.15, 0.2) is 17.3 Å². The monoisotopic (exact) mass is 462 g/mol. The number of hydrogen-bond donors (Lipinski definition) is 1. The van der Waals surface area contributed by atoms with Crippen LogP contribution in [0.5, 0.6) is 0 Å². The third-order valence-electron chi connectivity index (χ3n) is 6.34. The molecule has 2 fully saturated rings. The van der Waals surface area contributed by atoms with Gasteiger partial charge in [0.1, 0.15) is 5.60 Å². The minimum atomic E-state index is -0.580. The van der Waals surface area contributed by atoms with Gasteiger partial charge in [-0.25, -0.2) is 19.6 Å². The zero-order valence-corrected chi connectivity index (χ0v) is 20.8. The number of anilines is 2. The topological polar surface area (TPSA) is 114 Å². The highest BCUT2D eigenvalue weighted by Gasteiger charge is 2.35. The Morgan fingerprint density at radius 3 is 2.36 bits per heavy atom. The van der Waals surface area contributed by atoms with Crippen LogP contribution in [0.3, 0.4) is 0 Å². The molecule has 1 amide bonds. The number of nitrogens with two attached hydrogens (primary N) is 1. The van der Waals surface area contributed by atoms with Crippen molar-refractivity contribution in [2.24, 2.45) is 0 Å². The number of aromatic nitrogens is 2. The Morgan fingerprint density at radius 1 is 1.12 bits per heavy atom. The molecule has 0 radical (unpaired) electrons. The van der Waals surface area contributed by atoms with E-state index in [4.69, 9.17) is 15.2 Å². The number of carbonyl (C=O) groups is 2. The van der Waals surface area contributed by atoms with Gasteiger partial charge in [-0.15, -0.1) is 0 Å². The maximum absolute atomic E-state index is 12.4. The smallest absolute Gasteiger partial charge is 0.410 e. The maximum Gasteiger partial charge on any atom is 0.410 e. The van der Waals surface area contributed by atoms with Crippen LogP contribution >= 0.6 is 0 Å². The number of piperidine rings is 1. The van der Waals surface area contributed by atoms with Crippen LogP contribution in [0.2, 0.25) is 0 Å². The molecule has 33 heavy (non-hydrogen) atoms. The Labute approximate surface area is 196 Å². The Kier molecular flexibility index (Phi) is 7.66. The van der Waals surface area contributed by atoms with Gasteiger partial charge < -0.3 is 25.0 Å². The molecule has 1 atom stereocenters. The van der Waals surface area contributed by atoms with Gasteiger partial charge in [0.05, 0.1) is 12.8 Å². The van der Waals surface area contributed by atoms with E-state index in [-0.39, 0.29) is 17.6 Å². The number of rotatable bonds is 4. The summed E-state index contributed by atoms with van der Waals surface area (Å²) in [5, 5.41) is 0. The molecule has 3 heterocycles. The van der Waals surface area contributed by atoms with Gasteiger partial charge in [-0.05, 0) is 47.0 Å². The van der Waals surface area contributed by atoms with E-state index in [2.05, 4.69) is 26.7 Å². The number of carbonyl (C=O) groups excluding carboxylic acids is 2. The van der Waals surface area contributed by atoms with Gasteiger partial charge in [-0.1, -0.05) is 6.92 Å². The first kappa shape index (κ1) is 25.0. The van der Waals surface area contributed by atoms with Crippen molar-refractivity contribution >= 4 is 23.7 Å². The number of amides is 1. The largest absolute Gasteiger partial charge is 0.464 e. The number of aryl methyl sites for hydroxylation is 1. The predicted octanol–water partition coefficient (Wildman–Crippen LogP) is 2.45. The lowest BCUT2D eigenvalue weighted by Crippen LogP contribution is -2.59. The van der Waals surface area contributed by atoms with Crippen molar-refractivity contribution in [1.29, 1.82) is 0 Å². The summed E-state index contributed by atoms with van der Waals surface area (Å²) >= 11 is 0. The van der Waals surface area contributed by atoms with E-state index in [0.29, 0.717) is 30.9 Å². The summed E-state index contributed by atoms with van der Waals surface area (Å²) in [5.41, 5.74) is 6.25. The molecule has 10 heteroatoms. The summed E-state index contributed by atoms with van der Waals surface area (Å²) in [5.74, 6) is 0.231. The van der Waals surface area contributed by atoms with E-state index >= 15 is 0 Å². The fraction of sp³-hybridized carbons (Fsp3) is 0.739. The van der Waals surface area contributed by atoms with Crippen LogP contribution in [0, 0.1) is 6.92 Å². The van der Waals surface area contributed by atoms with E-state index in [9.17, 15) is 9.59 Å². The summed E-state index contributed by atoms with van der Waals surface area (Å²) in [4.78, 5) is 39.7. The Hall–Kier alpha value is -2.62. The van der Waals surface area contributed by atoms with Crippen molar-refractivity contribution in [3.05, 3.63) is 11.4 Å². The molecule has 1 aromatic heterocycles. The van der Waals surface area contributed by atoms with Gasteiger partial charge in [-0.3, -0.25) is 4.90 Å². The van der Waals surface area contributed by atoms with Crippen molar-refractivity contribution in [1.82, 2.24) is 19.8 Å². The minimum Gasteiger partial charge on any atom is -0.464 e. The zero-order valence-electron chi connectivity index (χ0n) is 20.8. The van der Waals surface area contributed by atoms with Crippen molar-refractivity contribution in [3.8, 4) is 0 Å². The molecular formula is C23H38N6O4. The van der Waals surface area contributed by atoms with Gasteiger partial charge in [-0.2, -0.15) is 0 Å². The van der Waals surface area contributed by atoms with Crippen LogP contribution in [0.1, 0.15) is 63.1 Å². The van der Waals surface area contributed by atoms with Crippen molar-refractivity contribution in [2.75, 3.05) is 50.5 Å². The zero-order chi connectivity index (χ0) is 24.3. The predicted molar refractivity (Wildman–Crippen MR) is 126 cm³/mol. The van der Waals surface area contributed by atoms with Gasteiger partial charge in [0.25, 0.3) is 0 Å². The second kappa shape index (κ2) is 10.1. The van der Waals surface area contributed by atoms with E-state index in [1.165, 1.54) is 7.11 Å². The van der Waals surface area contributed by atoms with E-state index < -0.39 is 11.6 Å². The summed E-state index contributed by atoms with van der Waals surface area (Å²) in [7, 11) is 1.30. The van der Waals surface area contributed by atoms with E-state index in [1.807, 2.05) is 32.6 Å². The summed E-state index contributed by atoms with van der Waals surface area (Å²) in [6.45, 7) is 13.7. The lowest BCUT2D eigenvalue weighted by Gasteiger charge is -2.47. The number of hydrogen-bond acceptors (Lipinski definition) is 9. The molecule has 0 bridgehead atoms. The van der Waals surface area contributed by atoms with E-state index in [1.54, 1.807) is 0 Å². The highest BCUT2D eigenvalue weighted by molar-refractivity contribution is 5.92. The average molecular weight is 463 g/mol. The first-order valence-corrected chi connectivity index (χ1v) is 11.7. The van der Waals surface area contributed by atoms with Gasteiger partial charge in [0, 0.05) is 44.8 Å². The number of nitrogens with zero attached hydrogens (tertiary/aromatic N) is 5. The first-order chi connectivity index (χ1) is 15.5. The number of methoxy groups -OCH3 is 1. The molecule has 2 saturated heterocycles. The van der Waals surface area contributed by atoms with Crippen molar-refractivity contribution < 1.29 is 19.1 Å². The molecule has 0 unspecified atom stereocenters. The highest BCUT2D eigenvalue weighted by Crippen LogP contribution is 2.28. The van der Waals surface area contributed by atoms with Gasteiger partial charge in [0.2, 0.25) is 0 Å². The van der Waals surface area contributed by atoms with Crippen LogP contribution in [0.15, 0.2) is 0 Å². The molecule has 2 aliphatic rings. The Balaban J connectivity index is 1.63. The average Bonchev–Trinajstić information content (AvgIpc) is 2.78. The van der Waals surface area contributed by atoms with Crippen LogP contribution in [0.4, 0.5) is 16.4 Å². The number of nitrogen functional groups attached to an aromatic ring is 1. The molecule has 2 aliphatic heterocycles. The van der Waals surface area contributed by atoms with Crippen LogP contribution < -0.4 is 10.6 Å². The molecule has 10 nitrogen and oxygen atoms in total. The number of esters is 1. The molecule has 2 N–H and O–H groups in total. The Bertz CT molecular complexity index is 863. The standard InChI is InChI=1S/C23H38N6O4/c1-7-16-14-28(20-15(2)25-18(19(24)26-20)21(30)32-6)12-13-29(16)17-8-10-27(11-9-17)22(31)33-23(3,4)5/h16-17H,7-14H2,1-6H3,(H2,24,26)/t16-/m0/s1. The first-order valence-electron chi connectivity index (χ1n) is 11.7. The fourth-order valence-electron chi connectivity index (χ4n) is 4.68. The lowest BCUT2D eigenvalue weighted by atomic mass is 9.98. The molecule has 0 saturated carbocycles. The molecule has 184 valence electrons. The fourth-order valence-corrected chi connectivity index (χ4v) is 4.68.